The molecule has 0 spiro atoms. The van der Waals surface area contributed by atoms with Crippen LogP contribution in [-0.2, 0) is 0 Å². The molecule has 0 amide bonds. The van der Waals surface area contributed by atoms with Gasteiger partial charge in [-0.05, 0) is 38.6 Å². The lowest BCUT2D eigenvalue weighted by atomic mass is 9.61. The first-order valence-corrected chi connectivity index (χ1v) is 8.81. The summed E-state index contributed by atoms with van der Waals surface area (Å²) in [6.45, 7) is 6.16. The van der Waals surface area contributed by atoms with Gasteiger partial charge in [-0.1, -0.05) is 39.0 Å². The van der Waals surface area contributed by atoms with Crippen molar-refractivity contribution in [3.63, 3.8) is 0 Å². The fourth-order valence-electron chi connectivity index (χ4n) is 4.43. The summed E-state index contributed by atoms with van der Waals surface area (Å²) in [4.78, 5) is 2.50. The van der Waals surface area contributed by atoms with Gasteiger partial charge >= 0.3 is 0 Å². The molecule has 1 saturated carbocycles. The van der Waals surface area contributed by atoms with E-state index in [2.05, 4.69) is 11.8 Å². The van der Waals surface area contributed by atoms with Gasteiger partial charge in [0.2, 0.25) is 0 Å². The monoisotopic (exact) mass is 282 g/mol. The third-order valence-corrected chi connectivity index (χ3v) is 5.91. The van der Waals surface area contributed by atoms with Crippen molar-refractivity contribution in [1.82, 2.24) is 4.90 Å². The predicted octanol–water partition coefficient (Wildman–Crippen LogP) is 2.91. The summed E-state index contributed by atoms with van der Waals surface area (Å²) in [5.41, 5.74) is 5.68. The van der Waals surface area contributed by atoms with Crippen molar-refractivity contribution in [2.75, 3.05) is 26.2 Å². The molecule has 0 aromatic heterocycles. The molecule has 0 bridgehead atoms. The van der Waals surface area contributed by atoms with Crippen molar-refractivity contribution in [2.45, 2.75) is 76.7 Å². The van der Waals surface area contributed by atoms with Gasteiger partial charge in [-0.3, -0.25) is 0 Å². The van der Waals surface area contributed by atoms with Gasteiger partial charge in [-0.15, -0.1) is 0 Å². The molecule has 2 fully saturated rings. The molecule has 20 heavy (non-hydrogen) atoms. The van der Waals surface area contributed by atoms with E-state index in [0.717, 1.165) is 38.8 Å². The Kier molecular flexibility index (Phi) is 5.88. The van der Waals surface area contributed by atoms with Gasteiger partial charge in [0.05, 0.1) is 5.60 Å². The maximum absolute atomic E-state index is 11.3. The Morgan fingerprint density at radius 1 is 0.950 bits per heavy atom. The highest BCUT2D eigenvalue weighted by atomic mass is 16.3. The lowest BCUT2D eigenvalue weighted by molar-refractivity contribution is -0.128. The zero-order chi connectivity index (χ0) is 14.5. The molecule has 1 aliphatic heterocycles. The number of piperidine rings is 1. The van der Waals surface area contributed by atoms with Crippen LogP contribution in [0.15, 0.2) is 0 Å². The molecular formula is C17H34N2O. The Bertz CT molecular complexity index is 277. The van der Waals surface area contributed by atoms with Gasteiger partial charge in [-0.2, -0.15) is 0 Å². The molecule has 2 rings (SSSR count). The summed E-state index contributed by atoms with van der Waals surface area (Å²) in [5.74, 6) is 0. The number of aliphatic hydroxyl groups is 1. The molecule has 3 nitrogen and oxygen atoms in total. The molecule has 3 N–H and O–H groups in total. The minimum absolute atomic E-state index is 0.00821. The predicted molar refractivity (Wildman–Crippen MR) is 84.7 cm³/mol. The summed E-state index contributed by atoms with van der Waals surface area (Å²) in [6.07, 6.45) is 11.8. The van der Waals surface area contributed by atoms with E-state index in [1.54, 1.807) is 0 Å². The van der Waals surface area contributed by atoms with Crippen LogP contribution in [0.1, 0.15) is 71.1 Å². The van der Waals surface area contributed by atoms with E-state index in [-0.39, 0.29) is 5.41 Å². The molecule has 3 heteroatoms. The normalized spacial score (nSPS) is 27.8. The molecule has 0 atom stereocenters. The minimum Gasteiger partial charge on any atom is -0.389 e. The van der Waals surface area contributed by atoms with Crippen LogP contribution in [0.4, 0.5) is 0 Å². The minimum atomic E-state index is -0.511. The van der Waals surface area contributed by atoms with E-state index in [4.69, 9.17) is 5.73 Å². The second kappa shape index (κ2) is 7.24. The molecule has 1 heterocycles. The maximum Gasteiger partial charge on any atom is 0.0740 e. The highest BCUT2D eigenvalue weighted by molar-refractivity contribution is 5.02. The molecule has 0 radical (unpaired) electrons. The maximum atomic E-state index is 11.3. The van der Waals surface area contributed by atoms with Crippen LogP contribution in [0.3, 0.4) is 0 Å². The molecule has 0 aromatic rings. The van der Waals surface area contributed by atoms with Gasteiger partial charge in [-0.25, -0.2) is 0 Å². The Balaban J connectivity index is 2.04. The van der Waals surface area contributed by atoms with E-state index in [0.29, 0.717) is 6.54 Å². The van der Waals surface area contributed by atoms with Crippen LogP contribution in [-0.4, -0.2) is 41.8 Å². The number of hydrogen-bond donors (Lipinski definition) is 2. The van der Waals surface area contributed by atoms with Gasteiger partial charge in [0.15, 0.2) is 0 Å². The molecule has 1 aliphatic carbocycles. The molecule has 1 saturated heterocycles. The first-order valence-electron chi connectivity index (χ1n) is 8.81. The van der Waals surface area contributed by atoms with Gasteiger partial charge in [0.25, 0.3) is 0 Å². The highest BCUT2D eigenvalue weighted by Crippen LogP contribution is 2.47. The number of rotatable bonds is 4. The molecule has 0 aromatic carbocycles. The van der Waals surface area contributed by atoms with Crippen molar-refractivity contribution in [1.29, 1.82) is 0 Å². The highest BCUT2D eigenvalue weighted by Gasteiger charge is 2.49. The fourth-order valence-corrected chi connectivity index (χ4v) is 4.43. The number of nitrogens with two attached hydrogens (primary N) is 1. The summed E-state index contributed by atoms with van der Waals surface area (Å²) >= 11 is 0. The molecule has 2 aliphatic rings. The third-order valence-electron chi connectivity index (χ3n) is 5.91. The topological polar surface area (TPSA) is 49.5 Å². The lowest BCUT2D eigenvalue weighted by Gasteiger charge is -2.52. The van der Waals surface area contributed by atoms with Crippen LogP contribution in [0.25, 0.3) is 0 Å². The number of nitrogens with zero attached hydrogens (tertiary/aromatic N) is 1. The van der Waals surface area contributed by atoms with E-state index in [1.165, 1.54) is 45.1 Å². The second-order valence-electron chi connectivity index (χ2n) is 7.13. The Morgan fingerprint density at radius 3 is 2.00 bits per heavy atom. The molecule has 0 unspecified atom stereocenters. The smallest absolute Gasteiger partial charge is 0.0740 e. The SMILES string of the molecule is CCCN1CCC(O)(C2(CN)CCCCCCC2)CC1. The average Bonchev–Trinajstić information content (AvgIpc) is 2.42. The zero-order valence-electron chi connectivity index (χ0n) is 13.4. The van der Waals surface area contributed by atoms with E-state index in [1.807, 2.05) is 0 Å². The first-order chi connectivity index (χ1) is 9.66. The lowest BCUT2D eigenvalue weighted by Crippen LogP contribution is -2.58. The standard InChI is InChI=1S/C17H34N2O/c1-2-12-19-13-10-17(20,11-14-19)16(15-18)8-6-4-3-5-7-9-16/h20H,2-15,18H2,1H3. The largest absolute Gasteiger partial charge is 0.389 e. The van der Waals surface area contributed by atoms with Gasteiger partial charge in [0.1, 0.15) is 0 Å². The van der Waals surface area contributed by atoms with Crippen LogP contribution in [0.2, 0.25) is 0 Å². The van der Waals surface area contributed by atoms with E-state index < -0.39 is 5.60 Å². The van der Waals surface area contributed by atoms with Crippen LogP contribution in [0, 0.1) is 5.41 Å². The number of likely N-dealkylation sites (tertiary alicyclic amines) is 1. The van der Waals surface area contributed by atoms with Crippen LogP contribution >= 0.6 is 0 Å². The molecular weight excluding hydrogens is 248 g/mol. The Hall–Kier alpha value is -0.120. The van der Waals surface area contributed by atoms with Crippen molar-refractivity contribution in [3.05, 3.63) is 0 Å². The van der Waals surface area contributed by atoms with Gasteiger partial charge in [0, 0.05) is 25.0 Å². The quantitative estimate of drug-likeness (QED) is 0.833. The summed E-state index contributed by atoms with van der Waals surface area (Å²) in [7, 11) is 0. The third kappa shape index (κ3) is 3.37. The Labute approximate surface area is 124 Å². The first kappa shape index (κ1) is 16.3. The van der Waals surface area contributed by atoms with Gasteiger partial charge < -0.3 is 15.7 Å². The van der Waals surface area contributed by atoms with Crippen molar-refractivity contribution < 1.29 is 5.11 Å². The zero-order valence-corrected chi connectivity index (χ0v) is 13.4. The van der Waals surface area contributed by atoms with E-state index in [9.17, 15) is 5.11 Å². The molecule has 118 valence electrons. The van der Waals surface area contributed by atoms with Crippen molar-refractivity contribution in [2.24, 2.45) is 11.1 Å². The fraction of sp³-hybridized carbons (Fsp3) is 1.00. The summed E-state index contributed by atoms with van der Waals surface area (Å²) in [6, 6.07) is 0. The Morgan fingerprint density at radius 2 is 1.50 bits per heavy atom. The van der Waals surface area contributed by atoms with Crippen LogP contribution < -0.4 is 5.73 Å². The van der Waals surface area contributed by atoms with E-state index >= 15 is 0 Å². The van der Waals surface area contributed by atoms with Crippen molar-refractivity contribution >= 4 is 0 Å². The summed E-state index contributed by atoms with van der Waals surface area (Å²) in [5, 5.41) is 11.3. The number of hydrogen-bond acceptors (Lipinski definition) is 3. The second-order valence-corrected chi connectivity index (χ2v) is 7.13. The average molecular weight is 282 g/mol. The summed E-state index contributed by atoms with van der Waals surface area (Å²) < 4.78 is 0. The van der Waals surface area contributed by atoms with Crippen molar-refractivity contribution in [3.8, 4) is 0 Å². The van der Waals surface area contributed by atoms with Crippen LogP contribution in [0.5, 0.6) is 0 Å².